The summed E-state index contributed by atoms with van der Waals surface area (Å²) in [7, 11) is 0. The van der Waals surface area contributed by atoms with E-state index in [0.717, 1.165) is 0 Å². The Hall–Kier alpha value is -0.500. The fraction of sp³-hybridized carbons (Fsp3) is 0.750. The Morgan fingerprint density at radius 3 is 2.50 bits per heavy atom. The Labute approximate surface area is 61.7 Å². The highest BCUT2D eigenvalue weighted by Gasteiger charge is 2.30. The molecule has 0 aromatic carbocycles. The van der Waals surface area contributed by atoms with E-state index >= 15 is 0 Å². The van der Waals surface area contributed by atoms with E-state index in [1.54, 1.807) is 0 Å². The first kappa shape index (κ1) is 6.23. The number of rotatable bonds is 0. The molecule has 0 aromatic rings. The van der Waals surface area contributed by atoms with Gasteiger partial charge in [0.1, 0.15) is 0 Å². The lowest BCUT2D eigenvalue weighted by Gasteiger charge is -2.31. The molecule has 1 fully saturated rings. The Balaban J connectivity index is 2.05. The molecule has 1 spiro atoms. The van der Waals surface area contributed by atoms with E-state index in [-0.39, 0.29) is 0 Å². The van der Waals surface area contributed by atoms with Crippen LogP contribution in [0.15, 0.2) is 12.3 Å². The minimum atomic E-state index is 0.332. The van der Waals surface area contributed by atoms with Crippen molar-refractivity contribution in [3.8, 4) is 0 Å². The molecule has 2 rings (SSSR count). The molecule has 1 heterocycles. The summed E-state index contributed by atoms with van der Waals surface area (Å²) < 4.78 is 0. The predicted molar refractivity (Wildman–Crippen MR) is 41.2 cm³/mol. The van der Waals surface area contributed by atoms with Crippen LogP contribution in [0.2, 0.25) is 0 Å². The minimum Gasteiger partial charge on any atom is -0.328 e. The van der Waals surface area contributed by atoms with Crippen LogP contribution in [0.1, 0.15) is 32.1 Å². The molecule has 2 heteroatoms. The zero-order valence-electron chi connectivity index (χ0n) is 6.19. The summed E-state index contributed by atoms with van der Waals surface area (Å²) in [4.78, 5) is 0. The van der Waals surface area contributed by atoms with Crippen LogP contribution < -0.4 is 10.9 Å². The van der Waals surface area contributed by atoms with Crippen LogP contribution in [0, 0.1) is 0 Å². The lowest BCUT2D eigenvalue weighted by Crippen LogP contribution is -2.45. The Morgan fingerprint density at radius 2 is 1.90 bits per heavy atom. The van der Waals surface area contributed by atoms with Crippen molar-refractivity contribution in [1.82, 2.24) is 10.9 Å². The average Bonchev–Trinajstić information content (AvgIpc) is 2.39. The summed E-state index contributed by atoms with van der Waals surface area (Å²) in [5, 5.41) is 0. The van der Waals surface area contributed by atoms with Crippen molar-refractivity contribution < 1.29 is 0 Å². The highest BCUT2D eigenvalue weighted by Crippen LogP contribution is 2.29. The second kappa shape index (κ2) is 2.27. The quantitative estimate of drug-likeness (QED) is 0.527. The maximum absolute atomic E-state index is 3.31. The van der Waals surface area contributed by atoms with Crippen molar-refractivity contribution in [3.05, 3.63) is 12.3 Å². The van der Waals surface area contributed by atoms with Crippen molar-refractivity contribution in [1.29, 1.82) is 0 Å². The first-order chi connectivity index (χ1) is 4.91. The molecule has 0 atom stereocenters. The number of hydrogen-bond acceptors (Lipinski definition) is 2. The van der Waals surface area contributed by atoms with Gasteiger partial charge in [0, 0.05) is 6.20 Å². The fourth-order valence-corrected chi connectivity index (χ4v) is 1.90. The van der Waals surface area contributed by atoms with Crippen molar-refractivity contribution in [3.63, 3.8) is 0 Å². The molecular weight excluding hydrogens is 124 g/mol. The van der Waals surface area contributed by atoms with Crippen molar-refractivity contribution in [2.75, 3.05) is 0 Å². The average molecular weight is 138 g/mol. The van der Waals surface area contributed by atoms with Crippen molar-refractivity contribution in [2.45, 2.75) is 37.6 Å². The van der Waals surface area contributed by atoms with Crippen molar-refractivity contribution in [2.24, 2.45) is 0 Å². The van der Waals surface area contributed by atoms with Gasteiger partial charge < -0.3 is 5.43 Å². The van der Waals surface area contributed by atoms with Gasteiger partial charge in [0.25, 0.3) is 0 Å². The highest BCUT2D eigenvalue weighted by molar-refractivity contribution is 5.10. The molecule has 1 aliphatic heterocycles. The molecule has 2 N–H and O–H groups in total. The summed E-state index contributed by atoms with van der Waals surface area (Å²) in [6, 6.07) is 0. The molecule has 1 aliphatic carbocycles. The van der Waals surface area contributed by atoms with E-state index < -0.39 is 0 Å². The van der Waals surface area contributed by atoms with Crippen LogP contribution in [-0.2, 0) is 0 Å². The number of hydrogen-bond donors (Lipinski definition) is 2. The fourth-order valence-electron chi connectivity index (χ4n) is 1.90. The van der Waals surface area contributed by atoms with Gasteiger partial charge >= 0.3 is 0 Å². The standard InChI is InChI=1S/C8H14N2/c1-2-4-8(5-3-1)6-7-9-10-8/h6-7,9-10H,1-5H2. The molecular formula is C8H14N2. The monoisotopic (exact) mass is 138 g/mol. The topological polar surface area (TPSA) is 24.1 Å². The first-order valence-electron chi connectivity index (χ1n) is 4.12. The van der Waals surface area contributed by atoms with Crippen LogP contribution in [-0.4, -0.2) is 5.54 Å². The van der Waals surface area contributed by atoms with Gasteiger partial charge in [-0.15, -0.1) is 0 Å². The summed E-state index contributed by atoms with van der Waals surface area (Å²) >= 11 is 0. The van der Waals surface area contributed by atoms with E-state index in [2.05, 4.69) is 16.9 Å². The van der Waals surface area contributed by atoms with Gasteiger partial charge in [0.05, 0.1) is 5.54 Å². The third kappa shape index (κ3) is 0.926. The van der Waals surface area contributed by atoms with Crippen LogP contribution in [0.25, 0.3) is 0 Å². The molecule has 1 saturated carbocycles. The zero-order chi connectivity index (χ0) is 6.86. The summed E-state index contributed by atoms with van der Waals surface area (Å²) in [6.07, 6.45) is 11.1. The Morgan fingerprint density at radius 1 is 1.10 bits per heavy atom. The van der Waals surface area contributed by atoms with Gasteiger partial charge in [-0.2, -0.15) is 0 Å². The Bertz CT molecular complexity index is 145. The molecule has 0 aromatic heterocycles. The molecule has 0 amide bonds. The molecule has 0 saturated heterocycles. The van der Waals surface area contributed by atoms with Crippen LogP contribution >= 0.6 is 0 Å². The van der Waals surface area contributed by atoms with Gasteiger partial charge in [-0.25, -0.2) is 5.43 Å². The van der Waals surface area contributed by atoms with Crippen molar-refractivity contribution >= 4 is 0 Å². The van der Waals surface area contributed by atoms with E-state index in [4.69, 9.17) is 0 Å². The lowest BCUT2D eigenvalue weighted by molar-refractivity contribution is 0.291. The maximum Gasteiger partial charge on any atom is 0.0567 e. The molecule has 10 heavy (non-hydrogen) atoms. The number of nitrogens with one attached hydrogen (secondary N) is 2. The molecule has 0 unspecified atom stereocenters. The highest BCUT2D eigenvalue weighted by atomic mass is 15.4. The van der Waals surface area contributed by atoms with E-state index in [1.165, 1.54) is 32.1 Å². The second-order valence-corrected chi connectivity index (χ2v) is 3.32. The molecule has 0 bridgehead atoms. The molecule has 2 nitrogen and oxygen atoms in total. The summed E-state index contributed by atoms with van der Waals surface area (Å²) in [6.45, 7) is 0. The van der Waals surface area contributed by atoms with E-state index in [9.17, 15) is 0 Å². The normalized spacial score (nSPS) is 28.8. The second-order valence-electron chi connectivity index (χ2n) is 3.32. The number of hydrazine groups is 1. The van der Waals surface area contributed by atoms with E-state index in [0.29, 0.717) is 5.54 Å². The molecule has 0 radical (unpaired) electrons. The van der Waals surface area contributed by atoms with Gasteiger partial charge in [-0.3, -0.25) is 0 Å². The van der Waals surface area contributed by atoms with Crippen LogP contribution in [0.4, 0.5) is 0 Å². The Kier molecular flexibility index (Phi) is 1.42. The SMILES string of the molecule is C1=CC2(CCCCC2)NN1. The molecule has 2 aliphatic rings. The zero-order valence-corrected chi connectivity index (χ0v) is 6.19. The minimum absolute atomic E-state index is 0.332. The van der Waals surface area contributed by atoms with Gasteiger partial charge in [-0.05, 0) is 18.9 Å². The van der Waals surface area contributed by atoms with Crippen LogP contribution in [0.3, 0.4) is 0 Å². The summed E-state index contributed by atoms with van der Waals surface area (Å²) in [5.74, 6) is 0. The summed E-state index contributed by atoms with van der Waals surface area (Å²) in [5.41, 5.74) is 6.69. The largest absolute Gasteiger partial charge is 0.328 e. The molecule has 56 valence electrons. The van der Waals surface area contributed by atoms with E-state index in [1.807, 2.05) is 6.20 Å². The smallest absolute Gasteiger partial charge is 0.0567 e. The first-order valence-corrected chi connectivity index (χ1v) is 4.12. The predicted octanol–water partition coefficient (Wildman–Crippen LogP) is 1.31. The third-order valence-corrected chi connectivity index (χ3v) is 2.55. The maximum atomic E-state index is 3.31. The van der Waals surface area contributed by atoms with Gasteiger partial charge in [0.15, 0.2) is 0 Å². The van der Waals surface area contributed by atoms with Crippen LogP contribution in [0.5, 0.6) is 0 Å². The lowest BCUT2D eigenvalue weighted by atomic mass is 9.83. The van der Waals surface area contributed by atoms with Gasteiger partial charge in [-0.1, -0.05) is 19.3 Å². The van der Waals surface area contributed by atoms with Gasteiger partial charge in [0.2, 0.25) is 0 Å². The third-order valence-electron chi connectivity index (χ3n) is 2.55.